The number of fused-ring (bicyclic) bond motifs is 1. The van der Waals surface area contributed by atoms with Crippen LogP contribution in [-0.4, -0.2) is 79.2 Å². The topological polar surface area (TPSA) is 68.8 Å². The molecule has 8 nitrogen and oxygen atoms in total. The second kappa shape index (κ2) is 11.6. The van der Waals surface area contributed by atoms with Crippen LogP contribution in [0.5, 0.6) is 5.75 Å². The standard InChI is InChI=1S/C30H38ClN7O/c1-36-14-16-37(17-15-36)25-10-12-38(13-11-25)27-9-8-24(19-28(27)39-2)34-30-32-20-26(31)29(35-30)33-23-7-6-21-4-3-5-22(21)18-23/h6-9,18-20,25H,3-5,10-17H2,1-2H3,(H2,32,33,34,35). The van der Waals surface area contributed by atoms with Gasteiger partial charge < -0.3 is 25.2 Å². The number of benzene rings is 2. The Morgan fingerprint density at radius 1 is 0.897 bits per heavy atom. The average molecular weight is 548 g/mol. The summed E-state index contributed by atoms with van der Waals surface area (Å²) >= 11 is 6.44. The SMILES string of the molecule is COc1cc(Nc2ncc(Cl)c(Nc3ccc4c(c3)CCC4)n2)ccc1N1CCC(N2CCN(C)CC2)CC1. The van der Waals surface area contributed by atoms with Gasteiger partial charge in [-0.15, -0.1) is 0 Å². The van der Waals surface area contributed by atoms with Gasteiger partial charge in [-0.25, -0.2) is 4.98 Å². The smallest absolute Gasteiger partial charge is 0.229 e. The zero-order valence-electron chi connectivity index (χ0n) is 22.9. The molecular formula is C30H38ClN7O. The van der Waals surface area contributed by atoms with Gasteiger partial charge in [0.15, 0.2) is 5.82 Å². The van der Waals surface area contributed by atoms with Gasteiger partial charge in [0.05, 0.1) is 19.0 Å². The number of nitrogens with one attached hydrogen (secondary N) is 2. The van der Waals surface area contributed by atoms with Crippen molar-refractivity contribution in [3.8, 4) is 5.75 Å². The van der Waals surface area contributed by atoms with E-state index in [0.717, 1.165) is 48.7 Å². The fourth-order valence-electron chi connectivity index (χ4n) is 6.11. The maximum atomic E-state index is 6.44. The van der Waals surface area contributed by atoms with E-state index in [1.807, 2.05) is 6.07 Å². The van der Waals surface area contributed by atoms with Gasteiger partial charge >= 0.3 is 0 Å². The fourth-order valence-corrected chi connectivity index (χ4v) is 6.24. The highest BCUT2D eigenvalue weighted by Crippen LogP contribution is 2.35. The molecule has 0 spiro atoms. The minimum Gasteiger partial charge on any atom is -0.495 e. The number of halogens is 1. The van der Waals surface area contributed by atoms with Crippen LogP contribution >= 0.6 is 11.6 Å². The summed E-state index contributed by atoms with van der Waals surface area (Å²) in [5.74, 6) is 1.91. The molecule has 9 heteroatoms. The zero-order valence-corrected chi connectivity index (χ0v) is 23.7. The Morgan fingerprint density at radius 3 is 2.44 bits per heavy atom. The number of nitrogens with zero attached hydrogens (tertiary/aromatic N) is 5. The first kappa shape index (κ1) is 26.2. The first-order valence-corrected chi connectivity index (χ1v) is 14.5. The molecular weight excluding hydrogens is 510 g/mol. The highest BCUT2D eigenvalue weighted by molar-refractivity contribution is 6.32. The van der Waals surface area contributed by atoms with E-state index in [0.29, 0.717) is 22.8 Å². The molecule has 2 saturated heterocycles. The maximum absolute atomic E-state index is 6.44. The van der Waals surface area contributed by atoms with Gasteiger partial charge in [0.1, 0.15) is 10.8 Å². The van der Waals surface area contributed by atoms with Gasteiger partial charge in [0.25, 0.3) is 0 Å². The first-order chi connectivity index (χ1) is 19.1. The molecule has 0 unspecified atom stereocenters. The Hall–Kier alpha value is -3.07. The number of piperidine rings is 1. The zero-order chi connectivity index (χ0) is 26.8. The van der Waals surface area contributed by atoms with Crippen molar-refractivity contribution >= 4 is 40.4 Å². The van der Waals surface area contributed by atoms with Crippen LogP contribution in [0, 0.1) is 0 Å². The van der Waals surface area contributed by atoms with Crippen molar-refractivity contribution in [3.05, 3.63) is 58.7 Å². The van der Waals surface area contributed by atoms with E-state index in [9.17, 15) is 0 Å². The molecule has 0 atom stereocenters. The Morgan fingerprint density at radius 2 is 1.64 bits per heavy atom. The Balaban J connectivity index is 1.11. The van der Waals surface area contributed by atoms with Crippen LogP contribution in [-0.2, 0) is 12.8 Å². The molecule has 1 aromatic heterocycles. The summed E-state index contributed by atoms with van der Waals surface area (Å²) in [6.45, 7) is 6.79. The van der Waals surface area contributed by atoms with E-state index < -0.39 is 0 Å². The summed E-state index contributed by atoms with van der Waals surface area (Å²) in [4.78, 5) is 16.6. The molecule has 2 N–H and O–H groups in total. The van der Waals surface area contributed by atoms with Gasteiger partial charge in [-0.1, -0.05) is 17.7 Å². The van der Waals surface area contributed by atoms with Crippen molar-refractivity contribution in [2.75, 3.05) is 69.0 Å². The van der Waals surface area contributed by atoms with E-state index in [2.05, 4.69) is 72.7 Å². The largest absolute Gasteiger partial charge is 0.495 e. The number of aryl methyl sites for hydroxylation is 2. The van der Waals surface area contributed by atoms with E-state index in [-0.39, 0.29) is 0 Å². The van der Waals surface area contributed by atoms with Gasteiger partial charge in [0, 0.05) is 62.8 Å². The minimum absolute atomic E-state index is 0.478. The number of anilines is 5. The monoisotopic (exact) mass is 547 g/mol. The molecule has 0 amide bonds. The normalized spacial score (nSPS) is 18.7. The van der Waals surface area contributed by atoms with E-state index in [4.69, 9.17) is 16.3 Å². The molecule has 3 aliphatic rings. The number of likely N-dealkylation sites (N-methyl/N-ethyl adjacent to an activating group) is 1. The van der Waals surface area contributed by atoms with Gasteiger partial charge in [-0.2, -0.15) is 4.98 Å². The maximum Gasteiger partial charge on any atom is 0.229 e. The Labute approximate surface area is 236 Å². The van der Waals surface area contributed by atoms with E-state index in [1.165, 1.54) is 56.6 Å². The van der Waals surface area contributed by atoms with Crippen molar-refractivity contribution in [3.63, 3.8) is 0 Å². The van der Waals surface area contributed by atoms with Gasteiger partial charge in [-0.05, 0) is 74.5 Å². The number of methoxy groups -OCH3 is 1. The predicted octanol–water partition coefficient (Wildman–Crippen LogP) is 5.33. The summed E-state index contributed by atoms with van der Waals surface area (Å²) in [5.41, 5.74) is 5.84. The molecule has 3 heterocycles. The van der Waals surface area contributed by atoms with Crippen LogP contribution < -0.4 is 20.3 Å². The minimum atomic E-state index is 0.478. The molecule has 2 fully saturated rings. The molecule has 0 bridgehead atoms. The third-order valence-corrected chi connectivity index (χ3v) is 8.68. The number of piperazine rings is 1. The van der Waals surface area contributed by atoms with Crippen LogP contribution in [0.25, 0.3) is 0 Å². The quantitative estimate of drug-likeness (QED) is 0.411. The van der Waals surface area contributed by atoms with Crippen LogP contribution in [0.1, 0.15) is 30.4 Å². The van der Waals surface area contributed by atoms with Gasteiger partial charge in [-0.3, -0.25) is 4.90 Å². The molecule has 2 aliphatic heterocycles. The second-order valence-electron chi connectivity index (χ2n) is 10.9. The highest BCUT2D eigenvalue weighted by Gasteiger charge is 2.27. The number of rotatable bonds is 7. The lowest BCUT2D eigenvalue weighted by Gasteiger charge is -2.42. The van der Waals surface area contributed by atoms with Crippen molar-refractivity contribution in [2.24, 2.45) is 0 Å². The summed E-state index contributed by atoms with van der Waals surface area (Å²) in [6, 6.07) is 13.4. The van der Waals surface area contributed by atoms with E-state index in [1.54, 1.807) is 13.3 Å². The lowest BCUT2D eigenvalue weighted by molar-refractivity contribution is 0.0981. The molecule has 0 radical (unpaired) electrons. The van der Waals surface area contributed by atoms with E-state index >= 15 is 0 Å². The second-order valence-corrected chi connectivity index (χ2v) is 11.3. The van der Waals surface area contributed by atoms with Crippen LogP contribution in [0.2, 0.25) is 5.02 Å². The summed E-state index contributed by atoms with van der Waals surface area (Å²) in [5, 5.41) is 7.18. The summed E-state index contributed by atoms with van der Waals surface area (Å²) in [6.07, 6.45) is 7.51. The number of ether oxygens (including phenoxy) is 1. The van der Waals surface area contributed by atoms with Crippen molar-refractivity contribution in [1.29, 1.82) is 0 Å². The molecule has 206 valence electrons. The molecule has 0 saturated carbocycles. The van der Waals surface area contributed by atoms with Crippen LogP contribution in [0.3, 0.4) is 0 Å². The van der Waals surface area contributed by atoms with Crippen LogP contribution in [0.15, 0.2) is 42.6 Å². The fraction of sp³-hybridized carbons (Fsp3) is 0.467. The Kier molecular flexibility index (Phi) is 7.77. The molecule has 2 aromatic carbocycles. The van der Waals surface area contributed by atoms with Crippen LogP contribution in [0.4, 0.5) is 28.8 Å². The van der Waals surface area contributed by atoms with Crippen molar-refractivity contribution < 1.29 is 4.74 Å². The van der Waals surface area contributed by atoms with Gasteiger partial charge in [0.2, 0.25) is 5.95 Å². The summed E-state index contributed by atoms with van der Waals surface area (Å²) < 4.78 is 5.82. The number of aromatic nitrogens is 2. The molecule has 39 heavy (non-hydrogen) atoms. The predicted molar refractivity (Wildman–Crippen MR) is 159 cm³/mol. The lowest BCUT2D eigenvalue weighted by Crippen LogP contribution is -2.52. The third kappa shape index (κ3) is 5.93. The highest BCUT2D eigenvalue weighted by atomic mass is 35.5. The number of hydrogen-bond acceptors (Lipinski definition) is 8. The van der Waals surface area contributed by atoms with Crippen molar-refractivity contribution in [2.45, 2.75) is 38.1 Å². The molecule has 1 aliphatic carbocycles. The lowest BCUT2D eigenvalue weighted by atomic mass is 10.0. The summed E-state index contributed by atoms with van der Waals surface area (Å²) in [7, 11) is 3.95. The Bertz CT molecular complexity index is 1300. The third-order valence-electron chi connectivity index (χ3n) is 8.40. The molecule has 3 aromatic rings. The van der Waals surface area contributed by atoms with Crippen molar-refractivity contribution in [1.82, 2.24) is 19.8 Å². The average Bonchev–Trinajstić information content (AvgIpc) is 3.43. The molecule has 6 rings (SSSR count). The first-order valence-electron chi connectivity index (χ1n) is 14.1. The number of hydrogen-bond donors (Lipinski definition) is 2.